The molecule has 0 spiro atoms. The van der Waals surface area contributed by atoms with Gasteiger partial charge in [0.25, 0.3) is 0 Å². The lowest BCUT2D eigenvalue weighted by atomic mass is 9.47. The maximum absolute atomic E-state index is 2.68. The first-order valence-corrected chi connectivity index (χ1v) is 11.9. The van der Waals surface area contributed by atoms with Crippen molar-refractivity contribution in [3.63, 3.8) is 0 Å². The van der Waals surface area contributed by atoms with Crippen molar-refractivity contribution < 1.29 is 0 Å². The van der Waals surface area contributed by atoms with Gasteiger partial charge in [0, 0.05) is 26.2 Å². The lowest BCUT2D eigenvalue weighted by molar-refractivity contribution is -0.0178. The molecule has 5 aliphatic rings. The zero-order valence-corrected chi connectivity index (χ0v) is 17.8. The van der Waals surface area contributed by atoms with Gasteiger partial charge in [-0.2, -0.15) is 0 Å². The summed E-state index contributed by atoms with van der Waals surface area (Å²) >= 11 is 0. The van der Waals surface area contributed by atoms with Gasteiger partial charge in [-0.1, -0.05) is 36.4 Å². The molecular formula is C26H38N2. The Morgan fingerprint density at radius 3 is 2.14 bits per heavy atom. The molecule has 1 aromatic carbocycles. The van der Waals surface area contributed by atoms with Gasteiger partial charge in [0.05, 0.1) is 0 Å². The molecule has 0 atom stereocenters. The van der Waals surface area contributed by atoms with E-state index in [-0.39, 0.29) is 0 Å². The molecule has 4 aliphatic carbocycles. The van der Waals surface area contributed by atoms with Crippen molar-refractivity contribution >= 4 is 5.57 Å². The predicted molar refractivity (Wildman–Crippen MR) is 118 cm³/mol. The third-order valence-electron chi connectivity index (χ3n) is 8.32. The second kappa shape index (κ2) is 7.95. The van der Waals surface area contributed by atoms with Crippen molar-refractivity contribution in [1.29, 1.82) is 0 Å². The highest BCUT2D eigenvalue weighted by Crippen LogP contribution is 2.64. The van der Waals surface area contributed by atoms with Gasteiger partial charge < -0.3 is 9.80 Å². The van der Waals surface area contributed by atoms with Crippen LogP contribution in [0, 0.1) is 23.2 Å². The topological polar surface area (TPSA) is 6.48 Å². The molecule has 1 aliphatic heterocycles. The van der Waals surface area contributed by atoms with E-state index in [1.807, 2.05) is 0 Å². The number of likely N-dealkylation sites (N-methyl/N-ethyl adjacent to an activating group) is 1. The Morgan fingerprint density at radius 2 is 1.54 bits per heavy atom. The van der Waals surface area contributed by atoms with E-state index in [9.17, 15) is 0 Å². The molecule has 28 heavy (non-hydrogen) atoms. The van der Waals surface area contributed by atoms with Crippen molar-refractivity contribution in [2.24, 2.45) is 23.2 Å². The Balaban J connectivity index is 1.31. The van der Waals surface area contributed by atoms with Crippen LogP contribution in [0.15, 0.2) is 36.4 Å². The van der Waals surface area contributed by atoms with Crippen LogP contribution in [0.1, 0.15) is 56.9 Å². The molecule has 0 unspecified atom stereocenters. The van der Waals surface area contributed by atoms with Crippen LogP contribution in [0.4, 0.5) is 0 Å². The van der Waals surface area contributed by atoms with Gasteiger partial charge in [0.1, 0.15) is 0 Å². The van der Waals surface area contributed by atoms with Crippen LogP contribution in [0.25, 0.3) is 5.57 Å². The number of piperazine rings is 1. The van der Waals surface area contributed by atoms with Crippen LogP contribution in [0.2, 0.25) is 0 Å². The van der Waals surface area contributed by atoms with Crippen molar-refractivity contribution in [3.8, 4) is 0 Å². The average molecular weight is 379 g/mol. The summed E-state index contributed by atoms with van der Waals surface area (Å²) in [6.45, 7) is 6.24. The van der Waals surface area contributed by atoms with Crippen LogP contribution in [-0.4, -0.2) is 49.6 Å². The fourth-order valence-corrected chi connectivity index (χ4v) is 7.33. The molecule has 4 bridgehead atoms. The average Bonchev–Trinajstić information content (AvgIpc) is 2.69. The Morgan fingerprint density at radius 1 is 0.929 bits per heavy atom. The third-order valence-corrected chi connectivity index (χ3v) is 8.32. The highest BCUT2D eigenvalue weighted by molar-refractivity contribution is 5.71. The van der Waals surface area contributed by atoms with E-state index in [4.69, 9.17) is 0 Å². The van der Waals surface area contributed by atoms with Gasteiger partial charge in [-0.25, -0.2) is 0 Å². The molecule has 1 heterocycles. The molecule has 0 N–H and O–H groups in total. The summed E-state index contributed by atoms with van der Waals surface area (Å²) < 4.78 is 0. The van der Waals surface area contributed by atoms with Crippen LogP contribution in [0.3, 0.4) is 0 Å². The summed E-state index contributed by atoms with van der Waals surface area (Å²) in [7, 11) is 2.25. The second-order valence-electron chi connectivity index (χ2n) is 10.5. The van der Waals surface area contributed by atoms with E-state index in [0.29, 0.717) is 5.41 Å². The van der Waals surface area contributed by atoms with Crippen molar-refractivity contribution in [2.75, 3.05) is 39.8 Å². The van der Waals surface area contributed by atoms with E-state index in [1.165, 1.54) is 89.7 Å². The number of benzene rings is 1. The van der Waals surface area contributed by atoms with Gasteiger partial charge in [0.2, 0.25) is 0 Å². The van der Waals surface area contributed by atoms with E-state index < -0.39 is 0 Å². The number of hydrogen-bond acceptors (Lipinski definition) is 2. The first kappa shape index (κ1) is 18.9. The summed E-state index contributed by atoms with van der Waals surface area (Å²) in [6.07, 6.45) is 14.2. The fourth-order valence-electron chi connectivity index (χ4n) is 7.33. The summed E-state index contributed by atoms with van der Waals surface area (Å²) in [4.78, 5) is 5.12. The minimum Gasteiger partial charge on any atom is -0.304 e. The monoisotopic (exact) mass is 378 g/mol. The largest absolute Gasteiger partial charge is 0.304 e. The number of nitrogens with zero attached hydrogens (tertiary/aromatic N) is 2. The van der Waals surface area contributed by atoms with E-state index >= 15 is 0 Å². The molecule has 1 saturated heterocycles. The molecule has 2 heteroatoms. The van der Waals surface area contributed by atoms with Gasteiger partial charge >= 0.3 is 0 Å². The van der Waals surface area contributed by atoms with Gasteiger partial charge in [-0.15, -0.1) is 0 Å². The van der Waals surface area contributed by atoms with Crippen molar-refractivity contribution in [3.05, 3.63) is 42.0 Å². The first-order chi connectivity index (χ1) is 13.7. The van der Waals surface area contributed by atoms with Crippen LogP contribution >= 0.6 is 0 Å². The molecular weight excluding hydrogens is 340 g/mol. The van der Waals surface area contributed by atoms with Crippen LogP contribution < -0.4 is 0 Å². The van der Waals surface area contributed by atoms with Crippen molar-refractivity contribution in [2.45, 2.75) is 51.4 Å². The molecule has 4 saturated carbocycles. The molecule has 2 nitrogen and oxygen atoms in total. The van der Waals surface area contributed by atoms with E-state index in [2.05, 4.69) is 53.3 Å². The molecule has 152 valence electrons. The summed E-state index contributed by atoms with van der Waals surface area (Å²) in [5.41, 5.74) is 3.75. The maximum Gasteiger partial charge on any atom is 0.0110 e. The van der Waals surface area contributed by atoms with E-state index in [1.54, 1.807) is 5.57 Å². The Kier molecular flexibility index (Phi) is 5.36. The van der Waals surface area contributed by atoms with Crippen molar-refractivity contribution in [1.82, 2.24) is 9.80 Å². The highest BCUT2D eigenvalue weighted by Gasteiger charge is 2.52. The van der Waals surface area contributed by atoms with Gasteiger partial charge in [-0.3, -0.25) is 0 Å². The SMILES string of the molecule is CN1CCN(CCC/C=C(/c2ccccc2)C23CC4CC(CC(C4)C2)C3)CC1. The Labute approximate surface area is 172 Å². The highest BCUT2D eigenvalue weighted by atomic mass is 15.2. The maximum atomic E-state index is 2.68. The molecule has 1 aromatic rings. The van der Waals surface area contributed by atoms with Crippen LogP contribution in [0.5, 0.6) is 0 Å². The molecule has 5 fully saturated rings. The first-order valence-electron chi connectivity index (χ1n) is 11.9. The minimum absolute atomic E-state index is 0.504. The third kappa shape index (κ3) is 3.83. The molecule has 0 radical (unpaired) electrons. The predicted octanol–water partition coefficient (Wildman–Crippen LogP) is 5.31. The smallest absolute Gasteiger partial charge is 0.0110 e. The zero-order valence-electron chi connectivity index (χ0n) is 17.8. The number of rotatable bonds is 6. The fraction of sp³-hybridized carbons (Fsp3) is 0.692. The van der Waals surface area contributed by atoms with E-state index in [0.717, 1.165) is 17.8 Å². The number of allylic oxidation sites excluding steroid dienone is 2. The van der Waals surface area contributed by atoms with Gasteiger partial charge in [0.15, 0.2) is 0 Å². The lowest BCUT2D eigenvalue weighted by Crippen LogP contribution is -2.46. The Hall–Kier alpha value is -1.12. The summed E-state index contributed by atoms with van der Waals surface area (Å²) in [5, 5.41) is 0. The normalized spacial score (nSPS) is 36.2. The van der Waals surface area contributed by atoms with Crippen LogP contribution in [-0.2, 0) is 0 Å². The molecule has 0 amide bonds. The lowest BCUT2D eigenvalue weighted by Gasteiger charge is -2.58. The molecule has 0 aromatic heterocycles. The number of unbranched alkanes of at least 4 members (excludes halogenated alkanes) is 1. The Bertz CT molecular complexity index is 648. The standard InChI is InChI=1S/C26H38N2/c1-27-11-13-28(14-12-27)10-6-5-9-25(24-7-3-2-4-8-24)26-18-21-15-22(19-26)17-23(16-21)20-26/h2-4,7-9,21-23H,5-6,10-20H2,1H3/b25-9-. The summed E-state index contributed by atoms with van der Waals surface area (Å²) in [6, 6.07) is 11.4. The summed E-state index contributed by atoms with van der Waals surface area (Å²) in [5.74, 6) is 3.05. The molecule has 6 rings (SSSR count). The zero-order chi connectivity index (χ0) is 19.0. The second-order valence-corrected chi connectivity index (χ2v) is 10.5. The quantitative estimate of drug-likeness (QED) is 0.619. The van der Waals surface area contributed by atoms with Gasteiger partial charge in [-0.05, 0) is 99.3 Å². The minimum atomic E-state index is 0.504. The number of hydrogen-bond donors (Lipinski definition) is 0.